The van der Waals surface area contributed by atoms with Gasteiger partial charge in [0.05, 0.1) is 12.2 Å². The summed E-state index contributed by atoms with van der Waals surface area (Å²) in [5, 5.41) is 8.16. The minimum Gasteiger partial charge on any atom is -0.487 e. The van der Waals surface area contributed by atoms with Crippen LogP contribution in [0.15, 0.2) is 34.5 Å². The highest BCUT2D eigenvalue weighted by molar-refractivity contribution is 5.95. The first-order valence-corrected chi connectivity index (χ1v) is 7.57. The van der Waals surface area contributed by atoms with E-state index >= 15 is 0 Å². The summed E-state index contributed by atoms with van der Waals surface area (Å²) in [5.41, 5.74) is 0.437. The lowest BCUT2D eigenvalue weighted by molar-refractivity contribution is -0.119. The number of hydrogen-bond acceptors (Lipinski definition) is 4. The smallest absolute Gasteiger partial charge is 0.227 e. The number of hydrogen-bond donors (Lipinski definition) is 0. The molecule has 0 bridgehead atoms. The summed E-state index contributed by atoms with van der Waals surface area (Å²) in [4.78, 5) is 14.4. The second kappa shape index (κ2) is 5.80. The Morgan fingerprint density at radius 1 is 1.45 bits per heavy atom. The lowest BCUT2D eigenvalue weighted by Crippen LogP contribution is -2.42. The van der Waals surface area contributed by atoms with Crippen molar-refractivity contribution < 1.29 is 9.53 Å². The highest BCUT2D eigenvalue weighted by Crippen LogP contribution is 2.39. The summed E-state index contributed by atoms with van der Waals surface area (Å²) in [5.74, 6) is 3.45. The van der Waals surface area contributed by atoms with Gasteiger partial charge in [-0.05, 0) is 19.1 Å². The number of carbonyl (C=O) groups is 1. The number of rotatable bonds is 5. The van der Waals surface area contributed by atoms with Crippen molar-refractivity contribution in [1.29, 1.82) is 0 Å². The van der Waals surface area contributed by atoms with E-state index in [4.69, 9.17) is 11.2 Å². The van der Waals surface area contributed by atoms with Crippen LogP contribution in [0.3, 0.4) is 0 Å². The Labute approximate surface area is 130 Å². The van der Waals surface area contributed by atoms with E-state index in [1.165, 1.54) is 0 Å². The van der Waals surface area contributed by atoms with Crippen LogP contribution in [-0.2, 0) is 4.79 Å². The zero-order valence-corrected chi connectivity index (χ0v) is 12.7. The van der Waals surface area contributed by atoms with E-state index in [1.54, 1.807) is 4.90 Å². The van der Waals surface area contributed by atoms with E-state index in [1.807, 2.05) is 31.2 Å². The van der Waals surface area contributed by atoms with Crippen molar-refractivity contribution in [2.75, 3.05) is 11.4 Å². The Morgan fingerprint density at radius 2 is 2.23 bits per heavy atom. The molecule has 1 atom stereocenters. The summed E-state index contributed by atoms with van der Waals surface area (Å²) in [6, 6.07) is 7.64. The van der Waals surface area contributed by atoms with E-state index in [2.05, 4.69) is 16.1 Å². The van der Waals surface area contributed by atoms with Crippen LogP contribution >= 0.6 is 0 Å². The summed E-state index contributed by atoms with van der Waals surface area (Å²) in [7, 11) is 0. The van der Waals surface area contributed by atoms with Gasteiger partial charge in [0.2, 0.25) is 5.91 Å². The third-order valence-corrected chi connectivity index (χ3v) is 4.02. The number of anilines is 1. The number of terminal acetylenes is 1. The van der Waals surface area contributed by atoms with Crippen molar-refractivity contribution in [3.8, 4) is 18.1 Å². The van der Waals surface area contributed by atoms with Crippen LogP contribution in [-0.4, -0.2) is 24.2 Å². The highest BCUT2D eigenvalue weighted by atomic mass is 16.5. The van der Waals surface area contributed by atoms with Gasteiger partial charge in [0.15, 0.2) is 5.66 Å². The molecular formula is C17H19N3O2. The number of nitrogens with zero attached hydrogens (tertiary/aromatic N) is 3. The average Bonchev–Trinajstić information content (AvgIpc) is 3.30. The first-order chi connectivity index (χ1) is 10.6. The van der Waals surface area contributed by atoms with Crippen molar-refractivity contribution in [3.63, 3.8) is 0 Å². The molecule has 1 aromatic carbocycles. The van der Waals surface area contributed by atoms with Gasteiger partial charge < -0.3 is 9.64 Å². The van der Waals surface area contributed by atoms with Crippen LogP contribution in [0.5, 0.6) is 5.75 Å². The van der Waals surface area contributed by atoms with E-state index in [9.17, 15) is 4.79 Å². The maximum Gasteiger partial charge on any atom is 0.227 e. The summed E-state index contributed by atoms with van der Waals surface area (Å²) in [6.07, 6.45) is 7.68. The van der Waals surface area contributed by atoms with Crippen molar-refractivity contribution in [1.82, 2.24) is 0 Å². The average molecular weight is 297 g/mol. The van der Waals surface area contributed by atoms with Crippen LogP contribution in [0.4, 0.5) is 5.69 Å². The molecule has 1 amide bonds. The van der Waals surface area contributed by atoms with Gasteiger partial charge in [0.25, 0.3) is 0 Å². The van der Waals surface area contributed by atoms with E-state index < -0.39 is 5.66 Å². The Bertz CT molecular complexity index is 642. The van der Waals surface area contributed by atoms with Gasteiger partial charge in [-0.1, -0.05) is 12.1 Å². The molecule has 0 radical (unpaired) electrons. The molecule has 0 fully saturated rings. The van der Waals surface area contributed by atoms with E-state index in [0.29, 0.717) is 25.8 Å². The second-order valence-corrected chi connectivity index (χ2v) is 5.79. The molecule has 2 heterocycles. The van der Waals surface area contributed by atoms with Gasteiger partial charge in [-0.3, -0.25) is 4.79 Å². The van der Waals surface area contributed by atoms with Crippen molar-refractivity contribution in [2.24, 2.45) is 10.2 Å². The SMILES string of the molecule is C#CCCC1(CCC(=O)N2CC(C)Oc3ccccc32)N=N1. The van der Waals surface area contributed by atoms with Gasteiger partial charge >= 0.3 is 0 Å². The predicted molar refractivity (Wildman–Crippen MR) is 83.8 cm³/mol. The lowest BCUT2D eigenvalue weighted by Gasteiger charge is -2.33. The molecule has 1 aromatic rings. The molecule has 3 rings (SSSR count). The normalized spacial score (nSPS) is 20.7. The molecule has 0 aromatic heterocycles. The van der Waals surface area contributed by atoms with Crippen LogP contribution in [0.25, 0.3) is 0 Å². The Kier molecular flexibility index (Phi) is 3.84. The molecule has 2 aliphatic heterocycles. The Hall–Kier alpha value is -2.35. The summed E-state index contributed by atoms with van der Waals surface area (Å²) < 4.78 is 5.77. The van der Waals surface area contributed by atoms with Gasteiger partial charge in [0, 0.05) is 25.7 Å². The van der Waals surface area contributed by atoms with Crippen molar-refractivity contribution in [2.45, 2.75) is 44.4 Å². The molecule has 0 N–H and O–H groups in total. The molecule has 0 saturated carbocycles. The highest BCUT2D eigenvalue weighted by Gasteiger charge is 2.40. The molecule has 5 heteroatoms. The molecule has 5 nitrogen and oxygen atoms in total. The fourth-order valence-corrected chi connectivity index (χ4v) is 2.74. The number of benzene rings is 1. The maximum atomic E-state index is 12.6. The van der Waals surface area contributed by atoms with Gasteiger partial charge in [-0.2, -0.15) is 10.2 Å². The quantitative estimate of drug-likeness (QED) is 0.784. The predicted octanol–water partition coefficient (Wildman–Crippen LogP) is 3.16. The number of ether oxygens (including phenoxy) is 1. The van der Waals surface area contributed by atoms with Gasteiger partial charge in [-0.15, -0.1) is 12.3 Å². The summed E-state index contributed by atoms with van der Waals surface area (Å²) in [6.45, 7) is 2.54. The molecule has 0 spiro atoms. The van der Waals surface area contributed by atoms with Crippen molar-refractivity contribution >= 4 is 11.6 Å². The molecule has 114 valence electrons. The van der Waals surface area contributed by atoms with Crippen LogP contribution < -0.4 is 9.64 Å². The monoisotopic (exact) mass is 297 g/mol. The number of fused-ring (bicyclic) bond motifs is 1. The number of amides is 1. The van der Waals surface area contributed by atoms with Crippen LogP contribution in [0, 0.1) is 12.3 Å². The Morgan fingerprint density at radius 3 is 2.95 bits per heavy atom. The molecular weight excluding hydrogens is 278 g/mol. The zero-order chi connectivity index (χ0) is 15.6. The molecule has 2 aliphatic rings. The fourth-order valence-electron chi connectivity index (χ4n) is 2.74. The zero-order valence-electron chi connectivity index (χ0n) is 12.7. The lowest BCUT2D eigenvalue weighted by atomic mass is 10.0. The molecule has 1 unspecified atom stereocenters. The minimum atomic E-state index is -0.403. The third kappa shape index (κ3) is 2.96. The Balaban J connectivity index is 1.65. The van der Waals surface area contributed by atoms with Crippen LogP contribution in [0.1, 0.15) is 32.6 Å². The first-order valence-electron chi connectivity index (χ1n) is 7.57. The standard InChI is InChI=1S/C17H19N3O2/c1-3-4-10-17(18-19-17)11-9-16(21)20-12-13(2)22-15-8-6-5-7-14(15)20/h1,5-8,13H,4,9-12H2,2H3. The van der Waals surface area contributed by atoms with E-state index in [-0.39, 0.29) is 12.0 Å². The second-order valence-electron chi connectivity index (χ2n) is 5.79. The topological polar surface area (TPSA) is 54.3 Å². The minimum absolute atomic E-state index is 0.00968. The largest absolute Gasteiger partial charge is 0.487 e. The molecule has 0 aliphatic carbocycles. The van der Waals surface area contributed by atoms with Gasteiger partial charge in [0.1, 0.15) is 11.9 Å². The van der Waals surface area contributed by atoms with Crippen molar-refractivity contribution in [3.05, 3.63) is 24.3 Å². The maximum absolute atomic E-state index is 12.6. The number of carbonyl (C=O) groups excluding carboxylic acids is 1. The van der Waals surface area contributed by atoms with Gasteiger partial charge in [-0.25, -0.2) is 0 Å². The first kappa shape index (κ1) is 14.6. The molecule has 0 saturated heterocycles. The number of para-hydroxylation sites is 2. The van der Waals surface area contributed by atoms with Crippen LogP contribution in [0.2, 0.25) is 0 Å². The third-order valence-electron chi connectivity index (χ3n) is 4.02. The van der Waals surface area contributed by atoms with E-state index in [0.717, 1.165) is 17.9 Å². The fraction of sp³-hybridized carbons (Fsp3) is 0.471. The summed E-state index contributed by atoms with van der Waals surface area (Å²) >= 11 is 0. The molecule has 22 heavy (non-hydrogen) atoms.